The maximum atomic E-state index is 11.9. The monoisotopic (exact) mass is 393 g/mol. The van der Waals surface area contributed by atoms with Gasteiger partial charge in [-0.25, -0.2) is 9.59 Å². The molecule has 26 heavy (non-hydrogen) atoms. The highest BCUT2D eigenvalue weighted by Crippen LogP contribution is 2.17. The largest absolute Gasteiger partial charge is 0.465 e. The Morgan fingerprint density at radius 2 is 1.62 bits per heavy atom. The molecule has 2 aromatic rings. The molecule has 0 unspecified atom stereocenters. The van der Waals surface area contributed by atoms with Crippen LogP contribution in [0.3, 0.4) is 0 Å². The summed E-state index contributed by atoms with van der Waals surface area (Å²) in [6.07, 6.45) is 0. The molecule has 0 saturated heterocycles. The van der Waals surface area contributed by atoms with E-state index in [0.29, 0.717) is 10.6 Å². The maximum Gasteiger partial charge on any atom is 0.337 e. The highest BCUT2D eigenvalue weighted by Gasteiger charge is 2.14. The Morgan fingerprint density at radius 1 is 1.00 bits per heavy atom. The Morgan fingerprint density at radius 3 is 2.12 bits per heavy atom. The van der Waals surface area contributed by atoms with Crippen molar-refractivity contribution in [1.82, 2.24) is 10.9 Å². The number of hydrogen-bond donors (Lipinski definition) is 3. The number of hydrazine groups is 1. The summed E-state index contributed by atoms with van der Waals surface area (Å²) in [4.78, 5) is 35.9. The molecule has 8 nitrogen and oxygen atoms in total. The average Bonchev–Trinajstić information content (AvgIpc) is 3.19. The quantitative estimate of drug-likeness (QED) is 0.411. The van der Waals surface area contributed by atoms with Crippen LogP contribution in [0.2, 0.25) is 0 Å². The molecule has 0 radical (unpaired) electrons. The van der Waals surface area contributed by atoms with Gasteiger partial charge in [-0.15, -0.1) is 11.3 Å². The van der Waals surface area contributed by atoms with Crippen LogP contribution in [0.15, 0.2) is 35.7 Å². The zero-order valence-electron chi connectivity index (χ0n) is 13.8. The summed E-state index contributed by atoms with van der Waals surface area (Å²) in [5, 5.41) is 4.61. The number of esters is 2. The Hall–Kier alpha value is -2.98. The Balaban J connectivity index is 2.09. The predicted octanol–water partition coefficient (Wildman–Crippen LogP) is 1.95. The molecule has 3 N–H and O–H groups in total. The molecule has 1 aromatic carbocycles. The molecule has 2 rings (SSSR count). The first-order valence-corrected chi connectivity index (χ1v) is 8.46. The van der Waals surface area contributed by atoms with E-state index in [4.69, 9.17) is 12.2 Å². The van der Waals surface area contributed by atoms with Gasteiger partial charge in [-0.2, -0.15) is 0 Å². The van der Waals surface area contributed by atoms with E-state index in [1.54, 1.807) is 17.5 Å². The normalized spacial score (nSPS) is 9.77. The molecule has 0 fully saturated rings. The molecule has 0 aliphatic heterocycles. The second kappa shape index (κ2) is 8.92. The number of anilines is 1. The number of ether oxygens (including phenoxy) is 2. The van der Waals surface area contributed by atoms with Crippen LogP contribution in [-0.2, 0) is 9.47 Å². The van der Waals surface area contributed by atoms with Crippen molar-refractivity contribution < 1.29 is 23.9 Å². The fraction of sp³-hybridized carbons (Fsp3) is 0.125. The molecular weight excluding hydrogens is 378 g/mol. The molecule has 0 bridgehead atoms. The fourth-order valence-electron chi connectivity index (χ4n) is 1.92. The lowest BCUT2D eigenvalue weighted by Crippen LogP contribution is -2.43. The van der Waals surface area contributed by atoms with Crippen molar-refractivity contribution in [2.75, 3.05) is 19.5 Å². The third-order valence-electron chi connectivity index (χ3n) is 3.07. The molecule has 1 heterocycles. The van der Waals surface area contributed by atoms with Gasteiger partial charge < -0.3 is 14.8 Å². The lowest BCUT2D eigenvalue weighted by molar-refractivity contribution is 0.0599. The molecule has 1 amide bonds. The summed E-state index contributed by atoms with van der Waals surface area (Å²) in [5.41, 5.74) is 5.60. The first-order chi connectivity index (χ1) is 12.4. The van der Waals surface area contributed by atoms with E-state index in [9.17, 15) is 14.4 Å². The van der Waals surface area contributed by atoms with Gasteiger partial charge in [0.2, 0.25) is 0 Å². The first kappa shape index (κ1) is 19.3. The number of hydrogen-bond acceptors (Lipinski definition) is 7. The van der Waals surface area contributed by atoms with Crippen molar-refractivity contribution in [2.45, 2.75) is 0 Å². The van der Waals surface area contributed by atoms with Crippen molar-refractivity contribution in [3.63, 3.8) is 0 Å². The smallest absolute Gasteiger partial charge is 0.337 e. The van der Waals surface area contributed by atoms with Crippen LogP contribution in [0.25, 0.3) is 0 Å². The first-order valence-electron chi connectivity index (χ1n) is 7.17. The van der Waals surface area contributed by atoms with Crippen LogP contribution in [0.5, 0.6) is 0 Å². The SMILES string of the molecule is COC(=O)c1cc(NC(=S)NNC(=O)c2cccs2)cc(C(=O)OC)c1. The van der Waals surface area contributed by atoms with Gasteiger partial charge in [0.1, 0.15) is 0 Å². The lowest BCUT2D eigenvalue weighted by atomic mass is 10.1. The number of methoxy groups -OCH3 is 2. The average molecular weight is 393 g/mol. The van der Waals surface area contributed by atoms with Gasteiger partial charge in [-0.05, 0) is 41.9 Å². The van der Waals surface area contributed by atoms with Gasteiger partial charge in [-0.3, -0.25) is 15.6 Å². The Kier molecular flexibility index (Phi) is 6.64. The van der Waals surface area contributed by atoms with E-state index < -0.39 is 11.9 Å². The number of nitrogens with one attached hydrogen (secondary N) is 3. The van der Waals surface area contributed by atoms with E-state index in [1.165, 1.54) is 43.8 Å². The van der Waals surface area contributed by atoms with Gasteiger partial charge in [0, 0.05) is 5.69 Å². The molecule has 10 heteroatoms. The van der Waals surface area contributed by atoms with Crippen molar-refractivity contribution in [2.24, 2.45) is 0 Å². The van der Waals surface area contributed by atoms with Crippen molar-refractivity contribution in [1.29, 1.82) is 0 Å². The van der Waals surface area contributed by atoms with Crippen LogP contribution in [0.1, 0.15) is 30.4 Å². The molecule has 0 saturated carbocycles. The third kappa shape index (κ3) is 5.01. The van der Waals surface area contributed by atoms with Gasteiger partial charge in [0.25, 0.3) is 5.91 Å². The third-order valence-corrected chi connectivity index (χ3v) is 4.14. The summed E-state index contributed by atoms with van der Waals surface area (Å²) >= 11 is 6.38. The molecular formula is C16H15N3O5S2. The van der Waals surface area contributed by atoms with Crippen molar-refractivity contribution in [3.8, 4) is 0 Å². The molecule has 0 atom stereocenters. The molecule has 0 aliphatic carbocycles. The number of thiophene rings is 1. The molecule has 0 spiro atoms. The van der Waals surface area contributed by atoms with Gasteiger partial charge in [0.15, 0.2) is 5.11 Å². The zero-order valence-corrected chi connectivity index (χ0v) is 15.5. The van der Waals surface area contributed by atoms with E-state index >= 15 is 0 Å². The van der Waals surface area contributed by atoms with Crippen molar-refractivity contribution in [3.05, 3.63) is 51.7 Å². The summed E-state index contributed by atoms with van der Waals surface area (Å²) in [6.45, 7) is 0. The van der Waals surface area contributed by atoms with E-state index in [1.807, 2.05) is 0 Å². The number of rotatable bonds is 4. The topological polar surface area (TPSA) is 106 Å². The van der Waals surface area contributed by atoms with E-state index in [0.717, 1.165) is 0 Å². The van der Waals surface area contributed by atoms with Crippen LogP contribution in [-0.4, -0.2) is 37.2 Å². The summed E-state index contributed by atoms with van der Waals surface area (Å²) < 4.78 is 9.32. The number of benzene rings is 1. The highest BCUT2D eigenvalue weighted by atomic mass is 32.1. The highest BCUT2D eigenvalue weighted by molar-refractivity contribution is 7.80. The minimum atomic E-state index is -0.622. The molecule has 0 aliphatic rings. The van der Waals surface area contributed by atoms with Crippen LogP contribution >= 0.6 is 23.6 Å². The number of carbonyl (C=O) groups excluding carboxylic acids is 3. The summed E-state index contributed by atoms with van der Waals surface area (Å²) in [6, 6.07) is 7.67. The Labute approximate surface area is 158 Å². The van der Waals surface area contributed by atoms with Gasteiger partial charge in [-0.1, -0.05) is 6.07 Å². The maximum absolute atomic E-state index is 11.9. The number of amides is 1. The minimum absolute atomic E-state index is 0.0627. The van der Waals surface area contributed by atoms with E-state index in [2.05, 4.69) is 25.6 Å². The number of thiocarbonyl (C=S) groups is 1. The van der Waals surface area contributed by atoms with Gasteiger partial charge >= 0.3 is 11.9 Å². The minimum Gasteiger partial charge on any atom is -0.465 e. The van der Waals surface area contributed by atoms with Crippen LogP contribution in [0, 0.1) is 0 Å². The summed E-state index contributed by atoms with van der Waals surface area (Å²) in [7, 11) is 2.46. The van der Waals surface area contributed by atoms with E-state index in [-0.39, 0.29) is 22.1 Å². The number of carbonyl (C=O) groups is 3. The van der Waals surface area contributed by atoms with Crippen molar-refractivity contribution >= 4 is 52.2 Å². The molecule has 1 aromatic heterocycles. The predicted molar refractivity (Wildman–Crippen MR) is 100 cm³/mol. The van der Waals surface area contributed by atoms with Crippen LogP contribution in [0.4, 0.5) is 5.69 Å². The Bertz CT molecular complexity index is 802. The van der Waals surface area contributed by atoms with Gasteiger partial charge in [0.05, 0.1) is 30.2 Å². The fourth-order valence-corrected chi connectivity index (χ4v) is 2.70. The second-order valence-electron chi connectivity index (χ2n) is 4.79. The lowest BCUT2D eigenvalue weighted by Gasteiger charge is -2.13. The second-order valence-corrected chi connectivity index (χ2v) is 6.15. The molecule has 136 valence electrons. The van der Waals surface area contributed by atoms with Crippen LogP contribution < -0.4 is 16.2 Å². The zero-order chi connectivity index (χ0) is 19.1. The summed E-state index contributed by atoms with van der Waals surface area (Å²) in [5.74, 6) is -1.59. The standard InChI is InChI=1S/C16H15N3O5S2/c1-23-14(21)9-6-10(15(22)24-2)8-11(7-9)17-16(25)19-18-13(20)12-4-3-5-26-12/h3-8H,1-2H3,(H,18,20)(H2,17,19,25).